The molecule has 4 aromatic rings. The lowest BCUT2D eigenvalue weighted by Gasteiger charge is -2.06. The maximum atomic E-state index is 5.29. The molecule has 5 nitrogen and oxygen atoms in total. The van der Waals surface area contributed by atoms with Gasteiger partial charge in [-0.3, -0.25) is 0 Å². The van der Waals surface area contributed by atoms with Gasteiger partial charge >= 0.3 is 0 Å². The van der Waals surface area contributed by atoms with Crippen LogP contribution in [0.15, 0.2) is 36.5 Å². The molecular weight excluding hydrogens is 322 g/mol. The van der Waals surface area contributed by atoms with Crippen molar-refractivity contribution in [2.24, 2.45) is 0 Å². The number of hydrogen-bond donors (Lipinski definition) is 0. The number of thiazole rings is 1. The van der Waals surface area contributed by atoms with Gasteiger partial charge in [-0.05, 0) is 42.8 Å². The van der Waals surface area contributed by atoms with Crippen LogP contribution in [0.3, 0.4) is 0 Å². The standard InChI is InChI=1S/C18H15N3O2S/c1-10-6-12(17-14(7-10)20-16(23-3)9-19-17)18-21-13-5-4-11(22-2)8-15(13)24-18/h4-9H,1-3H3. The van der Waals surface area contributed by atoms with E-state index in [0.717, 1.165) is 43.1 Å². The fourth-order valence-electron chi connectivity index (χ4n) is 2.66. The van der Waals surface area contributed by atoms with Crippen molar-refractivity contribution in [3.8, 4) is 22.2 Å². The Morgan fingerprint density at radius 1 is 0.958 bits per heavy atom. The first-order valence-electron chi connectivity index (χ1n) is 7.44. The highest BCUT2D eigenvalue weighted by atomic mass is 32.1. The largest absolute Gasteiger partial charge is 0.497 e. The second-order valence-electron chi connectivity index (χ2n) is 5.45. The van der Waals surface area contributed by atoms with Crippen LogP contribution < -0.4 is 9.47 Å². The molecule has 0 amide bonds. The average Bonchev–Trinajstić information content (AvgIpc) is 3.03. The number of aryl methyl sites for hydroxylation is 1. The number of ether oxygens (including phenoxy) is 2. The topological polar surface area (TPSA) is 57.1 Å². The lowest BCUT2D eigenvalue weighted by atomic mass is 10.1. The van der Waals surface area contributed by atoms with Gasteiger partial charge in [-0.2, -0.15) is 0 Å². The van der Waals surface area contributed by atoms with E-state index >= 15 is 0 Å². The van der Waals surface area contributed by atoms with E-state index in [1.54, 1.807) is 31.8 Å². The van der Waals surface area contributed by atoms with Crippen molar-refractivity contribution in [3.63, 3.8) is 0 Å². The van der Waals surface area contributed by atoms with Gasteiger partial charge in [0.1, 0.15) is 10.8 Å². The van der Waals surface area contributed by atoms with E-state index in [4.69, 9.17) is 14.5 Å². The molecule has 0 atom stereocenters. The molecule has 120 valence electrons. The fraction of sp³-hybridized carbons (Fsp3) is 0.167. The lowest BCUT2D eigenvalue weighted by Crippen LogP contribution is -1.93. The first-order chi connectivity index (χ1) is 11.7. The van der Waals surface area contributed by atoms with E-state index < -0.39 is 0 Å². The van der Waals surface area contributed by atoms with Gasteiger partial charge < -0.3 is 9.47 Å². The van der Waals surface area contributed by atoms with Crippen LogP contribution in [0.2, 0.25) is 0 Å². The van der Waals surface area contributed by atoms with E-state index in [9.17, 15) is 0 Å². The van der Waals surface area contributed by atoms with Gasteiger partial charge in [-0.15, -0.1) is 11.3 Å². The van der Waals surface area contributed by atoms with Crippen LogP contribution in [0.4, 0.5) is 0 Å². The summed E-state index contributed by atoms with van der Waals surface area (Å²) in [4.78, 5) is 13.8. The minimum Gasteiger partial charge on any atom is -0.497 e. The van der Waals surface area contributed by atoms with E-state index in [0.29, 0.717) is 5.88 Å². The minimum absolute atomic E-state index is 0.507. The van der Waals surface area contributed by atoms with Crippen LogP contribution in [0, 0.1) is 6.92 Å². The van der Waals surface area contributed by atoms with E-state index in [1.165, 1.54) is 0 Å². The van der Waals surface area contributed by atoms with Gasteiger partial charge in [-0.25, -0.2) is 15.0 Å². The maximum absolute atomic E-state index is 5.29. The summed E-state index contributed by atoms with van der Waals surface area (Å²) >= 11 is 1.62. The summed E-state index contributed by atoms with van der Waals surface area (Å²) < 4.78 is 11.6. The Bertz CT molecular complexity index is 1060. The Kier molecular flexibility index (Phi) is 3.54. The molecule has 4 rings (SSSR count). The second-order valence-corrected chi connectivity index (χ2v) is 6.48. The van der Waals surface area contributed by atoms with Crippen molar-refractivity contribution in [3.05, 3.63) is 42.1 Å². The van der Waals surface area contributed by atoms with Gasteiger partial charge in [0.15, 0.2) is 0 Å². The zero-order chi connectivity index (χ0) is 16.7. The van der Waals surface area contributed by atoms with E-state index in [2.05, 4.69) is 16.0 Å². The highest BCUT2D eigenvalue weighted by molar-refractivity contribution is 7.21. The minimum atomic E-state index is 0.507. The van der Waals surface area contributed by atoms with Crippen LogP contribution in [0.5, 0.6) is 11.6 Å². The molecule has 0 saturated heterocycles. The molecule has 2 heterocycles. The molecule has 0 aliphatic rings. The Morgan fingerprint density at radius 3 is 2.62 bits per heavy atom. The summed E-state index contributed by atoms with van der Waals surface area (Å²) in [5, 5.41) is 0.923. The Labute approximate surface area is 142 Å². The predicted octanol–water partition coefficient (Wildman–Crippen LogP) is 4.23. The number of benzene rings is 2. The number of fused-ring (bicyclic) bond motifs is 2. The second kappa shape index (κ2) is 5.72. The van der Waals surface area contributed by atoms with Crippen LogP contribution in [0.1, 0.15) is 5.56 Å². The summed E-state index contributed by atoms with van der Waals surface area (Å²) in [6.07, 6.45) is 1.64. The molecule has 0 bridgehead atoms. The Balaban J connectivity index is 1.95. The Morgan fingerprint density at radius 2 is 1.83 bits per heavy atom. The number of nitrogens with zero attached hydrogens (tertiary/aromatic N) is 3. The zero-order valence-corrected chi connectivity index (χ0v) is 14.3. The summed E-state index contributed by atoms with van der Waals surface area (Å²) in [7, 11) is 3.26. The molecule has 0 saturated carbocycles. The van der Waals surface area contributed by atoms with Gasteiger partial charge in [-0.1, -0.05) is 0 Å². The third-order valence-electron chi connectivity index (χ3n) is 3.80. The smallest absolute Gasteiger partial charge is 0.232 e. The van der Waals surface area contributed by atoms with Crippen molar-refractivity contribution in [2.45, 2.75) is 6.92 Å². The van der Waals surface area contributed by atoms with Crippen LogP contribution in [-0.2, 0) is 0 Å². The third kappa shape index (κ3) is 2.45. The molecule has 0 spiro atoms. The number of rotatable bonds is 3. The van der Waals surface area contributed by atoms with Crippen molar-refractivity contribution < 1.29 is 9.47 Å². The van der Waals surface area contributed by atoms with E-state index in [1.807, 2.05) is 31.2 Å². The molecule has 0 fully saturated rings. The molecule has 6 heteroatoms. The van der Waals surface area contributed by atoms with Crippen molar-refractivity contribution in [2.75, 3.05) is 14.2 Å². The first kappa shape index (κ1) is 14.8. The fourth-order valence-corrected chi connectivity index (χ4v) is 3.67. The number of aromatic nitrogens is 3. The summed E-state index contributed by atoms with van der Waals surface area (Å²) in [6, 6.07) is 10.00. The van der Waals surface area contributed by atoms with Gasteiger partial charge in [0, 0.05) is 5.56 Å². The summed E-state index contributed by atoms with van der Waals surface area (Å²) in [5.41, 5.74) is 4.68. The lowest BCUT2D eigenvalue weighted by molar-refractivity contribution is 0.397. The van der Waals surface area contributed by atoms with Gasteiger partial charge in [0.25, 0.3) is 0 Å². The van der Waals surface area contributed by atoms with Crippen molar-refractivity contribution in [1.82, 2.24) is 15.0 Å². The van der Waals surface area contributed by atoms with Gasteiger partial charge in [0.05, 0.1) is 41.7 Å². The van der Waals surface area contributed by atoms with Gasteiger partial charge in [0.2, 0.25) is 5.88 Å². The van der Waals surface area contributed by atoms with Crippen molar-refractivity contribution >= 4 is 32.6 Å². The first-order valence-corrected chi connectivity index (χ1v) is 8.26. The molecule has 0 aliphatic carbocycles. The van der Waals surface area contributed by atoms with Crippen LogP contribution in [-0.4, -0.2) is 29.2 Å². The molecule has 0 unspecified atom stereocenters. The normalized spacial score (nSPS) is 11.1. The monoisotopic (exact) mass is 337 g/mol. The molecule has 0 radical (unpaired) electrons. The molecular formula is C18H15N3O2S. The molecule has 24 heavy (non-hydrogen) atoms. The molecule has 2 aromatic heterocycles. The Hall–Kier alpha value is -2.73. The van der Waals surface area contributed by atoms with Crippen LogP contribution in [0.25, 0.3) is 31.8 Å². The number of methoxy groups -OCH3 is 2. The summed E-state index contributed by atoms with van der Waals surface area (Å²) in [6.45, 7) is 2.04. The average molecular weight is 337 g/mol. The molecule has 2 aromatic carbocycles. The predicted molar refractivity (Wildman–Crippen MR) is 96.0 cm³/mol. The molecule has 0 N–H and O–H groups in total. The number of hydrogen-bond acceptors (Lipinski definition) is 6. The quantitative estimate of drug-likeness (QED) is 0.560. The highest BCUT2D eigenvalue weighted by Gasteiger charge is 2.13. The SMILES string of the molecule is COc1ccc2nc(-c3cc(C)cc4nc(OC)cnc34)sc2c1. The highest BCUT2D eigenvalue weighted by Crippen LogP contribution is 2.35. The van der Waals surface area contributed by atoms with Crippen LogP contribution >= 0.6 is 11.3 Å². The zero-order valence-electron chi connectivity index (χ0n) is 13.5. The van der Waals surface area contributed by atoms with Crippen molar-refractivity contribution in [1.29, 1.82) is 0 Å². The third-order valence-corrected chi connectivity index (χ3v) is 4.86. The van der Waals surface area contributed by atoms with E-state index in [-0.39, 0.29) is 0 Å². The summed E-state index contributed by atoms with van der Waals surface area (Å²) in [5.74, 6) is 1.34. The molecule has 0 aliphatic heterocycles. The maximum Gasteiger partial charge on any atom is 0.232 e.